The van der Waals surface area contributed by atoms with Gasteiger partial charge in [-0.25, -0.2) is 0 Å². The van der Waals surface area contributed by atoms with Crippen molar-refractivity contribution in [2.45, 2.75) is 41.5 Å². The molecule has 0 amide bonds. The summed E-state index contributed by atoms with van der Waals surface area (Å²) in [5.74, 6) is 2.22. The molecule has 0 aliphatic carbocycles. The largest absolute Gasteiger partial charge is 0.318 e. The van der Waals surface area contributed by atoms with Crippen LogP contribution in [0.1, 0.15) is 41.5 Å². The van der Waals surface area contributed by atoms with Crippen LogP contribution in [0.5, 0.6) is 0 Å². The van der Waals surface area contributed by atoms with Crippen LogP contribution in [0.25, 0.3) is 0 Å². The third-order valence-electron chi connectivity index (χ3n) is 2.26. The first-order valence-corrected chi connectivity index (χ1v) is 5.95. The second-order valence-electron chi connectivity index (χ2n) is 6.07. The maximum Gasteiger partial charge on any atom is 0.129 e. The van der Waals surface area contributed by atoms with Gasteiger partial charge in [0.1, 0.15) is 7.05 Å². The fourth-order valence-corrected chi connectivity index (χ4v) is 2.55. The van der Waals surface area contributed by atoms with Gasteiger partial charge in [0, 0.05) is 17.8 Å². The Kier molecular flexibility index (Phi) is 5.73. The topological polar surface area (TPSA) is 0 Å². The van der Waals surface area contributed by atoms with E-state index in [-0.39, 0.29) is 0 Å². The van der Waals surface area contributed by atoms with Crippen molar-refractivity contribution in [2.24, 2.45) is 17.8 Å². The highest BCUT2D eigenvalue weighted by molar-refractivity contribution is 4.53. The Labute approximate surface area is 91.1 Å². The van der Waals surface area contributed by atoms with E-state index in [2.05, 4.69) is 48.6 Å². The predicted molar refractivity (Wildman–Crippen MR) is 64.7 cm³/mol. The first-order chi connectivity index (χ1) is 6.25. The molecule has 14 heavy (non-hydrogen) atoms. The Hall–Kier alpha value is -0.0400. The van der Waals surface area contributed by atoms with Crippen molar-refractivity contribution in [3.8, 4) is 0 Å². The van der Waals surface area contributed by atoms with Crippen molar-refractivity contribution in [1.29, 1.82) is 0 Å². The molecule has 0 spiro atoms. The molecule has 0 saturated carbocycles. The number of hydrogen-bond donors (Lipinski definition) is 0. The lowest BCUT2D eigenvalue weighted by molar-refractivity contribution is -0.894. The maximum atomic E-state index is 4.43. The molecule has 1 nitrogen and oxygen atoms in total. The van der Waals surface area contributed by atoms with E-state index < -0.39 is 0 Å². The third kappa shape index (κ3) is 6.42. The van der Waals surface area contributed by atoms with Crippen LogP contribution in [0.2, 0.25) is 0 Å². The van der Waals surface area contributed by atoms with Crippen LogP contribution in [0.4, 0.5) is 0 Å². The van der Waals surface area contributed by atoms with E-state index in [1.54, 1.807) is 0 Å². The molecule has 0 aromatic rings. The van der Waals surface area contributed by atoms with Crippen molar-refractivity contribution in [2.75, 3.05) is 19.6 Å². The highest BCUT2D eigenvalue weighted by Gasteiger charge is 2.25. The van der Waals surface area contributed by atoms with E-state index >= 15 is 0 Å². The highest BCUT2D eigenvalue weighted by atomic mass is 15.3. The van der Waals surface area contributed by atoms with Crippen LogP contribution < -0.4 is 0 Å². The lowest BCUT2D eigenvalue weighted by atomic mass is 10.1. The van der Waals surface area contributed by atoms with Crippen molar-refractivity contribution >= 4 is 0 Å². The third-order valence-corrected chi connectivity index (χ3v) is 2.26. The number of quaternary nitrogens is 1. The molecule has 0 aliphatic rings. The summed E-state index contributed by atoms with van der Waals surface area (Å²) in [5, 5.41) is 0. The van der Waals surface area contributed by atoms with Gasteiger partial charge >= 0.3 is 0 Å². The molecule has 0 heterocycles. The molecule has 0 saturated heterocycles. The molecule has 0 N–H and O–H groups in total. The zero-order valence-electron chi connectivity index (χ0n) is 11.0. The van der Waals surface area contributed by atoms with Gasteiger partial charge in [0.2, 0.25) is 0 Å². The van der Waals surface area contributed by atoms with Crippen molar-refractivity contribution in [1.82, 2.24) is 0 Å². The van der Waals surface area contributed by atoms with E-state index in [1.807, 2.05) is 0 Å². The van der Waals surface area contributed by atoms with E-state index in [0.29, 0.717) is 0 Å². The highest BCUT2D eigenvalue weighted by Crippen LogP contribution is 2.16. The predicted octanol–water partition coefficient (Wildman–Crippen LogP) is 3.56. The Morgan fingerprint density at radius 1 is 0.714 bits per heavy atom. The Balaban J connectivity index is 4.32. The molecule has 0 fully saturated rings. The van der Waals surface area contributed by atoms with E-state index in [9.17, 15) is 0 Å². The van der Waals surface area contributed by atoms with Gasteiger partial charge in [0.15, 0.2) is 0 Å². The molecule has 85 valence electrons. The fourth-order valence-electron chi connectivity index (χ4n) is 2.55. The average molecular weight is 199 g/mol. The molecule has 0 aliphatic heterocycles. The summed E-state index contributed by atoms with van der Waals surface area (Å²) in [7, 11) is 4.43. The molecule has 0 aromatic heterocycles. The van der Waals surface area contributed by atoms with Crippen molar-refractivity contribution in [3.63, 3.8) is 0 Å². The SMILES string of the molecule is [CH2][N+](CC(C)C)(CC(C)C)CC(C)C. The summed E-state index contributed by atoms with van der Waals surface area (Å²) < 4.78 is 0.993. The summed E-state index contributed by atoms with van der Waals surface area (Å²) >= 11 is 0. The average Bonchev–Trinajstić information content (AvgIpc) is 1.76. The quantitative estimate of drug-likeness (QED) is 0.574. The standard InChI is InChI=1S/C13H29N/c1-11(2)8-14(7,9-12(3)4)10-13(5)6/h11-13H,7-10H2,1-6H3/q+1. The second kappa shape index (κ2) is 5.75. The van der Waals surface area contributed by atoms with Gasteiger partial charge in [-0.2, -0.15) is 0 Å². The summed E-state index contributed by atoms with van der Waals surface area (Å²) in [5.41, 5.74) is 0. The first kappa shape index (κ1) is 14.0. The van der Waals surface area contributed by atoms with Crippen LogP contribution in [0, 0.1) is 24.8 Å². The molecule has 0 bridgehead atoms. The van der Waals surface area contributed by atoms with Gasteiger partial charge in [-0.1, -0.05) is 41.5 Å². The van der Waals surface area contributed by atoms with Gasteiger partial charge in [-0.3, -0.25) is 0 Å². The summed E-state index contributed by atoms with van der Waals surface area (Å²) in [6.45, 7) is 17.4. The molecule has 1 heteroatoms. The minimum absolute atomic E-state index is 0.741. The van der Waals surface area contributed by atoms with Crippen LogP contribution in [-0.4, -0.2) is 24.1 Å². The first-order valence-electron chi connectivity index (χ1n) is 5.95. The fraction of sp³-hybridized carbons (Fsp3) is 0.923. The van der Waals surface area contributed by atoms with Crippen molar-refractivity contribution in [3.05, 3.63) is 7.05 Å². The van der Waals surface area contributed by atoms with Crippen LogP contribution in [0.15, 0.2) is 0 Å². The molecule has 0 atom stereocenters. The molecule has 0 unspecified atom stereocenters. The maximum absolute atomic E-state index is 4.43. The molecule has 0 aromatic carbocycles. The lowest BCUT2D eigenvalue weighted by Gasteiger charge is -2.38. The molecule has 1 radical (unpaired) electrons. The van der Waals surface area contributed by atoms with E-state index in [4.69, 9.17) is 0 Å². The minimum Gasteiger partial charge on any atom is -0.318 e. The second-order valence-corrected chi connectivity index (χ2v) is 6.07. The molecular weight excluding hydrogens is 170 g/mol. The van der Waals surface area contributed by atoms with Gasteiger partial charge < -0.3 is 4.48 Å². The molecular formula is C13H29N+. The van der Waals surface area contributed by atoms with Gasteiger partial charge in [0.05, 0.1) is 19.6 Å². The van der Waals surface area contributed by atoms with Gasteiger partial charge in [-0.05, 0) is 0 Å². The smallest absolute Gasteiger partial charge is 0.129 e. The summed E-state index contributed by atoms with van der Waals surface area (Å²) in [6, 6.07) is 0. The van der Waals surface area contributed by atoms with Crippen LogP contribution in [0.3, 0.4) is 0 Å². The lowest BCUT2D eigenvalue weighted by Crippen LogP contribution is -2.49. The number of rotatable bonds is 6. The Bertz CT molecular complexity index is 121. The van der Waals surface area contributed by atoms with Gasteiger partial charge in [-0.15, -0.1) is 0 Å². The van der Waals surface area contributed by atoms with Crippen LogP contribution in [-0.2, 0) is 0 Å². The summed E-state index contributed by atoms with van der Waals surface area (Å²) in [4.78, 5) is 0. The van der Waals surface area contributed by atoms with Crippen LogP contribution >= 0.6 is 0 Å². The normalized spacial score (nSPS) is 13.3. The number of nitrogens with zero attached hydrogens (tertiary/aromatic N) is 1. The monoisotopic (exact) mass is 199 g/mol. The minimum atomic E-state index is 0.741. The van der Waals surface area contributed by atoms with E-state index in [1.165, 1.54) is 19.6 Å². The zero-order valence-corrected chi connectivity index (χ0v) is 11.0. The molecule has 0 rings (SSSR count). The van der Waals surface area contributed by atoms with Crippen molar-refractivity contribution < 1.29 is 4.48 Å². The van der Waals surface area contributed by atoms with Gasteiger partial charge in [0.25, 0.3) is 0 Å². The summed E-state index contributed by atoms with van der Waals surface area (Å²) in [6.07, 6.45) is 0. The Morgan fingerprint density at radius 2 is 0.929 bits per heavy atom. The number of hydrogen-bond acceptors (Lipinski definition) is 0. The Morgan fingerprint density at radius 3 is 1.07 bits per heavy atom. The van der Waals surface area contributed by atoms with E-state index in [0.717, 1.165) is 22.2 Å². The zero-order chi connectivity index (χ0) is 11.4.